The summed E-state index contributed by atoms with van der Waals surface area (Å²) < 4.78 is 116. The van der Waals surface area contributed by atoms with E-state index in [1.165, 1.54) is 0 Å². The topological polar surface area (TPSA) is 17.8 Å². The van der Waals surface area contributed by atoms with Crippen LogP contribution in [0.1, 0.15) is 72.2 Å². The maximum atomic E-state index is 9.40. The van der Waals surface area contributed by atoms with Gasteiger partial charge in [-0.25, -0.2) is 4.98 Å². The van der Waals surface area contributed by atoms with Crippen LogP contribution in [-0.2, 0) is 31.2 Å². The summed E-state index contributed by atoms with van der Waals surface area (Å²) in [4.78, 5) is 4.46. The largest absolute Gasteiger partial charge is 0.323 e. The van der Waals surface area contributed by atoms with E-state index < -0.39 is 42.8 Å². The Kier molecular flexibility index (Phi) is 4.48. The molecule has 0 aliphatic heterocycles. The first-order valence-electron chi connectivity index (χ1n) is 23.0. The molecule has 49 heavy (non-hydrogen) atoms. The molecule has 0 spiro atoms. The van der Waals surface area contributed by atoms with Crippen molar-refractivity contribution >= 4 is 32.6 Å². The van der Waals surface area contributed by atoms with Gasteiger partial charge in [0.2, 0.25) is 0 Å². The Morgan fingerprint density at radius 3 is 2.12 bits per heavy atom. The van der Waals surface area contributed by atoms with Gasteiger partial charge in [-0.05, 0) is 103 Å². The van der Waals surface area contributed by atoms with Crippen LogP contribution in [0.4, 0.5) is 0 Å². The minimum absolute atomic E-state index is 0.0554. The highest BCUT2D eigenvalue weighted by molar-refractivity contribution is 6.15. The van der Waals surface area contributed by atoms with E-state index in [4.69, 9.17) is 12.3 Å². The molecule has 0 saturated carbocycles. The number of imidazole rings is 1. The molecule has 0 atom stereocenters. The number of hydrogen-bond acceptors (Lipinski definition) is 1. The second-order valence-corrected chi connectivity index (χ2v) is 13.2. The highest BCUT2D eigenvalue weighted by Gasteiger charge is 2.35. The third kappa shape index (κ3) is 4.73. The van der Waals surface area contributed by atoms with E-state index in [9.17, 15) is 5.48 Å². The lowest BCUT2D eigenvalue weighted by Crippen LogP contribution is -2.14. The maximum absolute atomic E-state index is 9.40. The van der Waals surface area contributed by atoms with Gasteiger partial charge in [0, 0.05) is 25.2 Å². The third-order valence-electron chi connectivity index (χ3n) is 10.2. The predicted molar refractivity (Wildman–Crippen MR) is 207 cm³/mol. The molecule has 1 aliphatic carbocycles. The Labute approximate surface area is 307 Å². The van der Waals surface area contributed by atoms with E-state index in [1.54, 1.807) is 28.8 Å². The van der Waals surface area contributed by atoms with Gasteiger partial charge in [-0.2, -0.15) is 0 Å². The minimum atomic E-state index is -3.01. The summed E-state index contributed by atoms with van der Waals surface area (Å²) >= 11 is 0. The van der Waals surface area contributed by atoms with Gasteiger partial charge in [-0.3, -0.25) is 0 Å². The van der Waals surface area contributed by atoms with E-state index in [1.807, 2.05) is 54.6 Å². The molecule has 0 N–H and O–H groups in total. The van der Waals surface area contributed by atoms with Crippen LogP contribution >= 0.6 is 0 Å². The lowest BCUT2D eigenvalue weighted by Gasteiger charge is -2.23. The summed E-state index contributed by atoms with van der Waals surface area (Å²) in [5.41, 5.74) is 7.46. The Bertz CT molecular complexity index is 3120. The van der Waals surface area contributed by atoms with Crippen molar-refractivity contribution < 1.29 is 17.8 Å². The molecule has 238 valence electrons. The molecule has 1 heterocycles. The summed E-state index contributed by atoms with van der Waals surface area (Å²) in [7, 11) is 0. The van der Waals surface area contributed by atoms with Crippen LogP contribution in [0.25, 0.3) is 54.8 Å². The molecular weight excluding hydrogens is 593 g/mol. The predicted octanol–water partition coefficient (Wildman–Crippen LogP) is 11.7. The second kappa shape index (κ2) is 11.6. The average molecular weight is 646 g/mol. The third-order valence-corrected chi connectivity index (χ3v) is 10.2. The molecule has 0 fully saturated rings. The molecule has 2 heteroatoms. The molecule has 0 bridgehead atoms. The summed E-state index contributed by atoms with van der Waals surface area (Å²) in [6, 6.07) is 25.2. The highest BCUT2D eigenvalue weighted by Crippen LogP contribution is 2.50. The van der Waals surface area contributed by atoms with Gasteiger partial charge in [-0.1, -0.05) is 142 Å². The molecule has 0 unspecified atom stereocenters. The van der Waals surface area contributed by atoms with Crippen LogP contribution in [0.3, 0.4) is 0 Å². The van der Waals surface area contributed by atoms with Crippen LogP contribution < -0.4 is 0 Å². The lowest BCUT2D eigenvalue weighted by molar-refractivity contribution is 0.660. The number of rotatable bonds is 7. The molecule has 1 aliphatic rings. The number of aromatic nitrogens is 2. The van der Waals surface area contributed by atoms with Gasteiger partial charge in [0.05, 0.1) is 22.0 Å². The highest BCUT2D eigenvalue weighted by atomic mass is 15.1. The summed E-state index contributed by atoms with van der Waals surface area (Å²) in [5, 5.41) is 0.647. The van der Waals surface area contributed by atoms with Crippen LogP contribution in [0.2, 0.25) is 0 Å². The zero-order valence-electron chi connectivity index (χ0n) is 40.2. The monoisotopic (exact) mass is 645 g/mol. The van der Waals surface area contributed by atoms with E-state index in [0.29, 0.717) is 33.3 Å². The first-order valence-corrected chi connectivity index (χ1v) is 16.5. The van der Waals surface area contributed by atoms with Gasteiger partial charge >= 0.3 is 0 Å². The van der Waals surface area contributed by atoms with Crippen LogP contribution in [0, 0.1) is 0 Å². The SMILES string of the molecule is [2H]c1c([2H])c([2H])c2c(-c3ccc4c(c3)C(C)(C)c3ccccc3-4)c3c([2H])c([2H])c([2H])c([2H])c3c(CCc3ccccc3Cn3c(C([2H])([2H])C([2H])([2H])[2H])nc4ccccc43)c2c1[2H]. The number of nitrogens with zero attached hydrogens (tertiary/aromatic N) is 2. The number of hydrogen-bond donors (Lipinski definition) is 0. The second-order valence-electron chi connectivity index (χ2n) is 13.2. The van der Waals surface area contributed by atoms with Crippen molar-refractivity contribution in [3.05, 3.63) is 173 Å². The molecule has 1 aromatic heterocycles. The van der Waals surface area contributed by atoms with E-state index >= 15 is 0 Å². The summed E-state index contributed by atoms with van der Waals surface area (Å²) in [5.74, 6) is -0.244. The molecule has 0 saturated heterocycles. The standard InChI is InChI=1S/C47H40N2/c1-4-45-48-43-23-13-14-24-44(43)49(45)30-33-16-6-5-15-31(33)25-27-36-34-17-7-9-20-39(34)46(40-21-10-8-18-35(36)40)32-26-28-38-37-19-11-12-22-41(37)47(2,3)42(38)29-32/h5-24,26,28-29H,4,25,27,30H2,1-3H3/i1D3,4D2,7D,8D,9D,10D,17D,18D,20D,21D. The minimum Gasteiger partial charge on any atom is -0.323 e. The molecule has 8 aromatic rings. The Balaban J connectivity index is 1.27. The normalized spacial score (nSPS) is 17.6. The van der Waals surface area contributed by atoms with Crippen LogP contribution in [0.5, 0.6) is 0 Å². The van der Waals surface area contributed by atoms with Crippen molar-refractivity contribution in [3.8, 4) is 22.3 Å². The summed E-state index contributed by atoms with van der Waals surface area (Å²) in [6.45, 7) is 1.29. The van der Waals surface area contributed by atoms with Gasteiger partial charge in [-0.15, -0.1) is 0 Å². The maximum Gasteiger partial charge on any atom is 0.109 e. The van der Waals surface area contributed by atoms with Crippen molar-refractivity contribution in [1.82, 2.24) is 9.55 Å². The fourth-order valence-corrected chi connectivity index (χ4v) is 7.82. The molecule has 9 rings (SSSR count). The fourth-order valence-electron chi connectivity index (χ4n) is 7.82. The first kappa shape index (κ1) is 18.9. The van der Waals surface area contributed by atoms with E-state index in [-0.39, 0.29) is 70.9 Å². The number of benzene rings is 7. The number of aryl methyl sites for hydroxylation is 3. The van der Waals surface area contributed by atoms with Crippen molar-refractivity contribution in [2.75, 3.05) is 0 Å². The van der Waals surface area contributed by atoms with Crippen molar-refractivity contribution in [1.29, 1.82) is 0 Å². The van der Waals surface area contributed by atoms with E-state index in [2.05, 4.69) is 31.0 Å². The number of fused-ring (bicyclic) bond motifs is 6. The first-order chi connectivity index (χ1) is 29.3. The number of para-hydroxylation sites is 2. The summed E-state index contributed by atoms with van der Waals surface area (Å²) in [6.07, 6.45) is -2.45. The molecule has 0 amide bonds. The van der Waals surface area contributed by atoms with Gasteiger partial charge in [0.15, 0.2) is 0 Å². The van der Waals surface area contributed by atoms with Crippen molar-refractivity contribution in [3.63, 3.8) is 0 Å². The van der Waals surface area contributed by atoms with Gasteiger partial charge < -0.3 is 4.57 Å². The van der Waals surface area contributed by atoms with Crippen LogP contribution in [0.15, 0.2) is 139 Å². The zero-order chi connectivity index (χ0) is 44.4. The molecule has 2 nitrogen and oxygen atoms in total. The quantitative estimate of drug-likeness (QED) is 0.158. The molecule has 7 aromatic carbocycles. The Hall–Kier alpha value is -5.47. The Morgan fingerprint density at radius 1 is 0.694 bits per heavy atom. The molecule has 0 radical (unpaired) electrons. The van der Waals surface area contributed by atoms with Crippen molar-refractivity contribution in [2.24, 2.45) is 0 Å². The van der Waals surface area contributed by atoms with Crippen LogP contribution in [-0.4, -0.2) is 9.55 Å². The zero-order valence-corrected chi connectivity index (χ0v) is 27.2. The fraction of sp³-hybridized carbons (Fsp3) is 0.170. The van der Waals surface area contributed by atoms with Gasteiger partial charge in [0.1, 0.15) is 5.82 Å². The Morgan fingerprint density at radius 2 is 1.35 bits per heavy atom. The van der Waals surface area contributed by atoms with Gasteiger partial charge in [0.25, 0.3) is 0 Å². The average Bonchev–Trinajstić information content (AvgIpc) is 3.73. The lowest BCUT2D eigenvalue weighted by atomic mass is 9.80. The molecular formula is C47H40N2. The van der Waals surface area contributed by atoms with Crippen molar-refractivity contribution in [2.45, 2.75) is 51.9 Å². The van der Waals surface area contributed by atoms with E-state index in [0.717, 1.165) is 27.8 Å². The smallest absolute Gasteiger partial charge is 0.109 e.